The molecular weight excluding hydrogens is 168 g/mol. The molecule has 0 bridgehead atoms. The van der Waals surface area contributed by atoms with E-state index in [1.165, 1.54) is 0 Å². The molecule has 1 aromatic rings. The molecule has 0 saturated heterocycles. The van der Waals surface area contributed by atoms with Crippen LogP contribution in [0, 0.1) is 5.92 Å². The summed E-state index contributed by atoms with van der Waals surface area (Å²) in [5.41, 5.74) is 0. The van der Waals surface area contributed by atoms with Crippen LogP contribution in [0.1, 0.15) is 24.6 Å². The van der Waals surface area contributed by atoms with Crippen LogP contribution in [0.2, 0.25) is 0 Å². The molecule has 4 nitrogen and oxygen atoms in total. The van der Waals surface area contributed by atoms with Crippen LogP contribution in [0.5, 0.6) is 0 Å². The molecule has 13 heavy (non-hydrogen) atoms. The predicted molar refractivity (Wildman–Crippen MR) is 46.3 cm³/mol. The lowest BCUT2D eigenvalue weighted by Gasteiger charge is -2.32. The summed E-state index contributed by atoms with van der Waals surface area (Å²) in [6, 6.07) is 0. The van der Waals surface area contributed by atoms with Crippen molar-refractivity contribution in [3.05, 3.63) is 18.2 Å². The molecule has 1 saturated carbocycles. The lowest BCUT2D eigenvalue weighted by atomic mass is 9.73. The SMILES string of the molecule is Cn1ccnc1C1CCC1C(=O)O. The summed E-state index contributed by atoms with van der Waals surface area (Å²) in [5, 5.41) is 8.86. The molecule has 2 atom stereocenters. The van der Waals surface area contributed by atoms with Gasteiger partial charge in [-0.25, -0.2) is 4.98 Å². The fourth-order valence-electron chi connectivity index (χ4n) is 1.84. The number of aryl methyl sites for hydroxylation is 1. The van der Waals surface area contributed by atoms with Crippen molar-refractivity contribution in [1.82, 2.24) is 9.55 Å². The Kier molecular flexibility index (Phi) is 1.83. The summed E-state index contributed by atoms with van der Waals surface area (Å²) < 4.78 is 1.90. The number of aliphatic carboxylic acids is 1. The maximum Gasteiger partial charge on any atom is 0.307 e. The molecule has 2 unspecified atom stereocenters. The number of carboxylic acids is 1. The van der Waals surface area contributed by atoms with Crippen molar-refractivity contribution in [3.8, 4) is 0 Å². The van der Waals surface area contributed by atoms with Crippen LogP contribution in [-0.2, 0) is 11.8 Å². The highest BCUT2D eigenvalue weighted by molar-refractivity contribution is 5.72. The van der Waals surface area contributed by atoms with Crippen molar-refractivity contribution in [1.29, 1.82) is 0 Å². The van der Waals surface area contributed by atoms with Crippen LogP contribution < -0.4 is 0 Å². The van der Waals surface area contributed by atoms with Crippen LogP contribution in [0.25, 0.3) is 0 Å². The summed E-state index contributed by atoms with van der Waals surface area (Å²) in [7, 11) is 1.90. The first-order valence-electron chi connectivity index (χ1n) is 4.40. The number of carbonyl (C=O) groups is 1. The van der Waals surface area contributed by atoms with Crippen LogP contribution in [-0.4, -0.2) is 20.6 Å². The van der Waals surface area contributed by atoms with E-state index in [4.69, 9.17) is 5.11 Å². The zero-order valence-electron chi connectivity index (χ0n) is 7.47. The first kappa shape index (κ1) is 8.29. The van der Waals surface area contributed by atoms with Gasteiger partial charge in [0.25, 0.3) is 0 Å². The molecule has 2 rings (SSSR count). The Morgan fingerprint density at radius 2 is 2.46 bits per heavy atom. The van der Waals surface area contributed by atoms with Gasteiger partial charge in [-0.3, -0.25) is 4.79 Å². The third-order valence-corrected chi connectivity index (χ3v) is 2.78. The largest absolute Gasteiger partial charge is 0.481 e. The topological polar surface area (TPSA) is 55.1 Å². The highest BCUT2D eigenvalue weighted by Gasteiger charge is 2.39. The van der Waals surface area contributed by atoms with Gasteiger partial charge in [-0.1, -0.05) is 0 Å². The molecule has 4 heteroatoms. The summed E-state index contributed by atoms with van der Waals surface area (Å²) >= 11 is 0. The molecule has 1 fully saturated rings. The van der Waals surface area contributed by atoms with E-state index in [9.17, 15) is 4.79 Å². The van der Waals surface area contributed by atoms with Gasteiger partial charge in [0.1, 0.15) is 5.82 Å². The lowest BCUT2D eigenvalue weighted by Crippen LogP contribution is -2.32. The second-order valence-corrected chi connectivity index (χ2v) is 3.52. The molecular formula is C9H12N2O2. The number of carboxylic acid groups (broad SMARTS) is 1. The molecule has 1 heterocycles. The van der Waals surface area contributed by atoms with Crippen molar-refractivity contribution in [3.63, 3.8) is 0 Å². The molecule has 1 N–H and O–H groups in total. The third kappa shape index (κ3) is 1.22. The van der Waals surface area contributed by atoms with Crippen molar-refractivity contribution in [2.45, 2.75) is 18.8 Å². The van der Waals surface area contributed by atoms with E-state index in [2.05, 4.69) is 4.98 Å². The monoisotopic (exact) mass is 180 g/mol. The van der Waals surface area contributed by atoms with Gasteiger partial charge in [-0.05, 0) is 12.8 Å². The summed E-state index contributed by atoms with van der Waals surface area (Å²) in [4.78, 5) is 14.9. The molecule has 0 spiro atoms. The maximum atomic E-state index is 10.8. The van der Waals surface area contributed by atoms with E-state index in [0.717, 1.165) is 18.7 Å². The molecule has 0 amide bonds. The van der Waals surface area contributed by atoms with Gasteiger partial charge in [0.15, 0.2) is 0 Å². The summed E-state index contributed by atoms with van der Waals surface area (Å²) in [5.74, 6) is 0.108. The number of aromatic nitrogens is 2. The van der Waals surface area contributed by atoms with E-state index in [-0.39, 0.29) is 11.8 Å². The molecule has 70 valence electrons. The third-order valence-electron chi connectivity index (χ3n) is 2.78. The maximum absolute atomic E-state index is 10.8. The van der Waals surface area contributed by atoms with Crippen molar-refractivity contribution < 1.29 is 9.90 Å². The Balaban J connectivity index is 2.19. The number of rotatable bonds is 2. The number of imidazole rings is 1. The normalized spacial score (nSPS) is 26.8. The molecule has 1 aliphatic carbocycles. The first-order valence-corrected chi connectivity index (χ1v) is 4.40. The molecule has 0 radical (unpaired) electrons. The minimum Gasteiger partial charge on any atom is -0.481 e. The van der Waals surface area contributed by atoms with Crippen LogP contribution in [0.3, 0.4) is 0 Å². The fourth-order valence-corrected chi connectivity index (χ4v) is 1.84. The minimum absolute atomic E-state index is 0.123. The minimum atomic E-state index is -0.695. The smallest absolute Gasteiger partial charge is 0.307 e. The summed E-state index contributed by atoms with van der Waals surface area (Å²) in [6.45, 7) is 0. The Bertz CT molecular complexity index is 332. The quantitative estimate of drug-likeness (QED) is 0.738. The van der Waals surface area contributed by atoms with Gasteiger partial charge in [0.2, 0.25) is 0 Å². The average molecular weight is 180 g/mol. The van der Waals surface area contributed by atoms with Gasteiger partial charge < -0.3 is 9.67 Å². The fraction of sp³-hybridized carbons (Fsp3) is 0.556. The van der Waals surface area contributed by atoms with E-state index >= 15 is 0 Å². The predicted octanol–water partition coefficient (Wildman–Crippen LogP) is 0.998. The number of hydrogen-bond acceptors (Lipinski definition) is 2. The Labute approximate surface area is 76.2 Å². The highest BCUT2D eigenvalue weighted by atomic mass is 16.4. The van der Waals surface area contributed by atoms with Gasteiger partial charge in [0, 0.05) is 25.4 Å². The van der Waals surface area contributed by atoms with Gasteiger partial charge >= 0.3 is 5.97 Å². The molecule has 1 aliphatic rings. The average Bonchev–Trinajstić information content (AvgIpc) is 2.33. The van der Waals surface area contributed by atoms with Crippen molar-refractivity contribution >= 4 is 5.97 Å². The van der Waals surface area contributed by atoms with Crippen LogP contribution in [0.4, 0.5) is 0 Å². The highest BCUT2D eigenvalue weighted by Crippen LogP contribution is 2.41. The molecule has 1 aromatic heterocycles. The first-order chi connectivity index (χ1) is 6.20. The second-order valence-electron chi connectivity index (χ2n) is 3.52. The van der Waals surface area contributed by atoms with Gasteiger partial charge in [0.05, 0.1) is 5.92 Å². The number of hydrogen-bond donors (Lipinski definition) is 1. The standard InChI is InChI=1S/C9H12N2O2/c1-11-5-4-10-8(11)6-2-3-7(6)9(12)13/h4-7H,2-3H2,1H3,(H,12,13). The Morgan fingerprint density at radius 1 is 1.69 bits per heavy atom. The molecule has 0 aliphatic heterocycles. The van der Waals surface area contributed by atoms with Crippen LogP contribution >= 0.6 is 0 Å². The van der Waals surface area contributed by atoms with Crippen LogP contribution in [0.15, 0.2) is 12.4 Å². The Hall–Kier alpha value is -1.32. The van der Waals surface area contributed by atoms with E-state index in [1.807, 2.05) is 17.8 Å². The second kappa shape index (κ2) is 2.87. The van der Waals surface area contributed by atoms with Crippen molar-refractivity contribution in [2.75, 3.05) is 0 Å². The van der Waals surface area contributed by atoms with Gasteiger partial charge in [-0.2, -0.15) is 0 Å². The van der Waals surface area contributed by atoms with Gasteiger partial charge in [-0.15, -0.1) is 0 Å². The van der Waals surface area contributed by atoms with E-state index in [1.54, 1.807) is 6.20 Å². The molecule has 0 aromatic carbocycles. The van der Waals surface area contributed by atoms with Crippen molar-refractivity contribution in [2.24, 2.45) is 13.0 Å². The Morgan fingerprint density at radius 3 is 2.85 bits per heavy atom. The zero-order valence-corrected chi connectivity index (χ0v) is 7.47. The zero-order chi connectivity index (χ0) is 9.42. The lowest BCUT2D eigenvalue weighted by molar-refractivity contribution is -0.145. The van der Waals surface area contributed by atoms with E-state index in [0.29, 0.717) is 0 Å². The van der Waals surface area contributed by atoms with E-state index < -0.39 is 5.97 Å². The summed E-state index contributed by atoms with van der Waals surface area (Å²) in [6.07, 6.45) is 5.30. The number of nitrogens with zero attached hydrogens (tertiary/aromatic N) is 2.